The van der Waals surface area contributed by atoms with Crippen LogP contribution in [0.5, 0.6) is 28.7 Å². The van der Waals surface area contributed by atoms with Crippen LogP contribution >= 0.6 is 0 Å². The fraction of sp³-hybridized carbons (Fsp3) is 0.538. The smallest absolute Gasteiger partial charge is 0.175 e. The minimum Gasteiger partial charge on any atom is -0.504 e. The Morgan fingerprint density at radius 1 is 0.781 bits per heavy atom. The van der Waals surface area contributed by atoms with Crippen LogP contribution in [0.15, 0.2) is 30.3 Å². The first-order chi connectivity index (χ1) is 15.6. The van der Waals surface area contributed by atoms with Gasteiger partial charge < -0.3 is 29.5 Å². The molecule has 2 aromatic rings. The van der Waals surface area contributed by atoms with Crippen molar-refractivity contribution in [2.45, 2.75) is 75.8 Å². The van der Waals surface area contributed by atoms with E-state index in [0.717, 1.165) is 67.6 Å². The maximum atomic E-state index is 10.6. The lowest BCUT2D eigenvalue weighted by Crippen LogP contribution is -2.43. The van der Waals surface area contributed by atoms with E-state index in [1.54, 1.807) is 12.1 Å². The van der Waals surface area contributed by atoms with Crippen molar-refractivity contribution in [1.82, 2.24) is 0 Å². The van der Waals surface area contributed by atoms with Gasteiger partial charge in [-0.25, -0.2) is 0 Å². The molecule has 0 unspecified atom stereocenters. The average molecular weight is 439 g/mol. The first-order valence-electron chi connectivity index (χ1n) is 11.9. The third-order valence-corrected chi connectivity index (χ3v) is 7.82. The molecule has 0 bridgehead atoms. The molecule has 2 saturated carbocycles. The summed E-state index contributed by atoms with van der Waals surface area (Å²) in [6.07, 6.45) is 6.25. The van der Waals surface area contributed by atoms with E-state index in [4.69, 9.17) is 14.2 Å². The monoisotopic (exact) mass is 438 g/mol. The Kier molecular flexibility index (Phi) is 4.95. The van der Waals surface area contributed by atoms with Gasteiger partial charge in [-0.15, -0.1) is 0 Å². The number of aliphatic hydroxyl groups is 2. The third-order valence-electron chi connectivity index (χ3n) is 7.82. The zero-order valence-corrected chi connectivity index (χ0v) is 18.1. The predicted molar refractivity (Wildman–Crippen MR) is 118 cm³/mol. The minimum atomic E-state index is -0.396. The van der Waals surface area contributed by atoms with Gasteiger partial charge in [-0.3, -0.25) is 0 Å². The summed E-state index contributed by atoms with van der Waals surface area (Å²) < 4.78 is 18.6. The Labute approximate surface area is 187 Å². The molecule has 0 aromatic heterocycles. The van der Waals surface area contributed by atoms with E-state index in [0.29, 0.717) is 17.9 Å². The number of hydrogen-bond acceptors (Lipinski definition) is 6. The molecule has 6 atom stereocenters. The maximum Gasteiger partial charge on any atom is 0.175 e. The van der Waals surface area contributed by atoms with E-state index in [1.807, 2.05) is 18.2 Å². The summed E-state index contributed by atoms with van der Waals surface area (Å²) in [5.74, 6) is 2.78. The molecule has 6 rings (SSSR count). The topological polar surface area (TPSA) is 88.4 Å². The van der Waals surface area contributed by atoms with Gasteiger partial charge in [0.15, 0.2) is 11.5 Å². The second kappa shape index (κ2) is 7.85. The average Bonchev–Trinajstić information content (AvgIpc) is 2.79. The normalized spacial score (nSPS) is 32.9. The molecule has 3 N–H and O–H groups in total. The lowest BCUT2D eigenvalue weighted by Gasteiger charge is -2.40. The molecule has 2 fully saturated rings. The van der Waals surface area contributed by atoms with Crippen LogP contribution < -0.4 is 14.2 Å². The molecule has 0 amide bonds. The largest absolute Gasteiger partial charge is 0.504 e. The summed E-state index contributed by atoms with van der Waals surface area (Å²) in [7, 11) is 0. The number of fused-ring (bicyclic) bond motifs is 4. The van der Waals surface area contributed by atoms with Crippen molar-refractivity contribution in [3.8, 4) is 28.7 Å². The van der Waals surface area contributed by atoms with Crippen molar-refractivity contribution in [3.05, 3.63) is 41.5 Å². The van der Waals surface area contributed by atoms with Gasteiger partial charge in [-0.05, 0) is 87.3 Å². The maximum absolute atomic E-state index is 10.6. The highest BCUT2D eigenvalue weighted by Gasteiger charge is 2.40. The molecule has 0 spiro atoms. The van der Waals surface area contributed by atoms with Gasteiger partial charge in [0, 0.05) is 17.4 Å². The van der Waals surface area contributed by atoms with E-state index < -0.39 is 6.10 Å². The lowest BCUT2D eigenvalue weighted by molar-refractivity contribution is -0.0217. The number of phenols is 1. The Hall–Kier alpha value is -2.44. The van der Waals surface area contributed by atoms with Crippen LogP contribution in [0.2, 0.25) is 0 Å². The molecular weight excluding hydrogens is 408 g/mol. The van der Waals surface area contributed by atoms with Crippen molar-refractivity contribution in [2.75, 3.05) is 0 Å². The molecule has 32 heavy (non-hydrogen) atoms. The second-order valence-electron chi connectivity index (χ2n) is 9.81. The van der Waals surface area contributed by atoms with Gasteiger partial charge in [0.2, 0.25) is 0 Å². The minimum absolute atomic E-state index is 0.0133. The molecule has 170 valence electrons. The van der Waals surface area contributed by atoms with Crippen molar-refractivity contribution < 1.29 is 29.5 Å². The first kappa shape index (κ1) is 20.2. The highest BCUT2D eigenvalue weighted by molar-refractivity contribution is 5.56. The quantitative estimate of drug-likeness (QED) is 0.654. The van der Waals surface area contributed by atoms with Crippen LogP contribution in [-0.4, -0.2) is 39.7 Å². The van der Waals surface area contributed by atoms with Gasteiger partial charge in [-0.1, -0.05) is 0 Å². The van der Waals surface area contributed by atoms with Gasteiger partial charge in [0.05, 0.1) is 12.2 Å². The summed E-state index contributed by atoms with van der Waals surface area (Å²) in [6.45, 7) is 0. The zero-order valence-electron chi connectivity index (χ0n) is 18.1. The number of aromatic hydroxyl groups is 1. The third kappa shape index (κ3) is 3.41. The SMILES string of the molecule is Oc1ccc2c(c1Oc1ccc3c(c1)C[C@H]1[C@@H](O)CCC[C@H]1O3)C[C@H]1[C@@H](O)CCC[C@H]1O2. The fourth-order valence-corrected chi connectivity index (χ4v) is 6.08. The van der Waals surface area contributed by atoms with Crippen molar-refractivity contribution in [2.24, 2.45) is 11.8 Å². The highest BCUT2D eigenvalue weighted by Crippen LogP contribution is 2.47. The molecule has 6 nitrogen and oxygen atoms in total. The fourth-order valence-electron chi connectivity index (χ4n) is 6.08. The number of phenolic OH excluding ortho intramolecular Hbond substituents is 1. The summed E-state index contributed by atoms with van der Waals surface area (Å²) >= 11 is 0. The number of ether oxygens (including phenoxy) is 3. The van der Waals surface area contributed by atoms with E-state index in [9.17, 15) is 15.3 Å². The number of hydrogen-bond donors (Lipinski definition) is 3. The van der Waals surface area contributed by atoms with E-state index in [1.165, 1.54) is 0 Å². The molecule has 6 heteroatoms. The van der Waals surface area contributed by atoms with Crippen LogP contribution in [0.4, 0.5) is 0 Å². The van der Waals surface area contributed by atoms with Gasteiger partial charge in [0.25, 0.3) is 0 Å². The predicted octanol–water partition coefficient (Wildman–Crippen LogP) is 4.11. The molecule has 2 aliphatic heterocycles. The van der Waals surface area contributed by atoms with Crippen molar-refractivity contribution in [3.63, 3.8) is 0 Å². The second-order valence-corrected chi connectivity index (χ2v) is 9.81. The Balaban J connectivity index is 1.29. The number of aliphatic hydroxyl groups excluding tert-OH is 2. The molecule has 0 radical (unpaired) electrons. The standard InChI is InChI=1S/C26H30O6/c27-19-3-1-5-23-16(19)12-14-11-15(7-9-22(14)31-23)30-26-18-13-17-20(28)4-2-6-24(17)32-25(18)10-8-21(26)29/h7-11,16-17,19-20,23-24,27-29H,1-6,12-13H2/t16-,17-,19-,20-,23+,24+/m0/s1. The Bertz CT molecular complexity index is 1020. The molecule has 2 aliphatic carbocycles. The number of benzene rings is 2. The lowest BCUT2D eigenvalue weighted by atomic mass is 9.78. The molecule has 0 saturated heterocycles. The van der Waals surface area contributed by atoms with Crippen LogP contribution in [0.3, 0.4) is 0 Å². The van der Waals surface area contributed by atoms with E-state index >= 15 is 0 Å². The van der Waals surface area contributed by atoms with Crippen LogP contribution in [0, 0.1) is 11.8 Å². The molecule has 2 heterocycles. The van der Waals surface area contributed by atoms with Gasteiger partial charge >= 0.3 is 0 Å². The Morgan fingerprint density at radius 2 is 1.44 bits per heavy atom. The molecular formula is C26H30O6. The molecule has 2 aromatic carbocycles. The van der Waals surface area contributed by atoms with Crippen molar-refractivity contribution in [1.29, 1.82) is 0 Å². The summed E-state index contributed by atoms with van der Waals surface area (Å²) in [5, 5.41) is 31.6. The summed E-state index contributed by atoms with van der Waals surface area (Å²) in [4.78, 5) is 0. The van der Waals surface area contributed by atoms with Crippen LogP contribution in [0.25, 0.3) is 0 Å². The first-order valence-corrected chi connectivity index (χ1v) is 11.9. The van der Waals surface area contributed by atoms with Crippen LogP contribution in [-0.2, 0) is 12.8 Å². The highest BCUT2D eigenvalue weighted by atomic mass is 16.5. The van der Waals surface area contributed by atoms with Gasteiger partial charge in [0.1, 0.15) is 29.5 Å². The van der Waals surface area contributed by atoms with E-state index in [-0.39, 0.29) is 35.9 Å². The molecule has 4 aliphatic rings. The van der Waals surface area contributed by atoms with Crippen molar-refractivity contribution >= 4 is 0 Å². The Morgan fingerprint density at radius 3 is 2.19 bits per heavy atom. The number of rotatable bonds is 2. The summed E-state index contributed by atoms with van der Waals surface area (Å²) in [6, 6.07) is 9.14. The zero-order chi connectivity index (χ0) is 21.8. The summed E-state index contributed by atoms with van der Waals surface area (Å²) in [5.41, 5.74) is 1.83. The van der Waals surface area contributed by atoms with Crippen LogP contribution in [0.1, 0.15) is 49.7 Å². The van der Waals surface area contributed by atoms with E-state index in [2.05, 4.69) is 0 Å². The van der Waals surface area contributed by atoms with Gasteiger partial charge in [-0.2, -0.15) is 0 Å².